The van der Waals surface area contributed by atoms with E-state index in [1.54, 1.807) is 19.3 Å². The molecule has 0 bridgehead atoms. The highest BCUT2D eigenvalue weighted by molar-refractivity contribution is 5.96. The molecule has 1 aliphatic carbocycles. The number of benzene rings is 1. The average Bonchev–Trinajstić information content (AvgIpc) is 2.83. The molecule has 1 saturated carbocycles. The SMILES string of the molecule is C[C@H]1C[C@@H](c2ccncc2CC(=O)c2ccc(F)c(-c3ccc(C#N)cc3F)n2)C[C@@H](O)[C@]1(C)O. The quantitative estimate of drug-likeness (QED) is 0.530. The van der Waals surface area contributed by atoms with E-state index in [0.29, 0.717) is 18.4 Å². The van der Waals surface area contributed by atoms with Crippen LogP contribution in [0.4, 0.5) is 8.78 Å². The van der Waals surface area contributed by atoms with Crippen molar-refractivity contribution in [3.8, 4) is 17.3 Å². The van der Waals surface area contributed by atoms with Crippen molar-refractivity contribution in [3.63, 3.8) is 0 Å². The van der Waals surface area contributed by atoms with Gasteiger partial charge in [0.2, 0.25) is 0 Å². The molecule has 6 nitrogen and oxygen atoms in total. The Hall–Kier alpha value is -3.54. The number of aliphatic hydroxyl groups excluding tert-OH is 1. The Morgan fingerprint density at radius 3 is 2.66 bits per heavy atom. The van der Waals surface area contributed by atoms with Gasteiger partial charge in [0.05, 0.1) is 23.3 Å². The van der Waals surface area contributed by atoms with Gasteiger partial charge in [-0.2, -0.15) is 5.26 Å². The first-order valence-corrected chi connectivity index (χ1v) is 11.3. The van der Waals surface area contributed by atoms with Crippen LogP contribution in [0.2, 0.25) is 0 Å². The summed E-state index contributed by atoms with van der Waals surface area (Å²) in [4.78, 5) is 21.4. The van der Waals surface area contributed by atoms with Gasteiger partial charge in [-0.05, 0) is 79.1 Å². The van der Waals surface area contributed by atoms with Crippen LogP contribution >= 0.6 is 0 Å². The van der Waals surface area contributed by atoms with Crippen LogP contribution in [0.5, 0.6) is 0 Å². The van der Waals surface area contributed by atoms with Crippen molar-refractivity contribution in [3.05, 3.63) is 82.8 Å². The van der Waals surface area contributed by atoms with Crippen molar-refractivity contribution in [2.45, 2.75) is 50.7 Å². The molecule has 0 spiro atoms. The number of Topliss-reactive ketones (excluding diaryl/α,β-unsaturated/α-hetero) is 1. The van der Waals surface area contributed by atoms with E-state index in [4.69, 9.17) is 5.26 Å². The van der Waals surface area contributed by atoms with Gasteiger partial charge in [0.1, 0.15) is 23.0 Å². The van der Waals surface area contributed by atoms with Crippen molar-refractivity contribution >= 4 is 5.78 Å². The van der Waals surface area contributed by atoms with Gasteiger partial charge in [-0.1, -0.05) is 6.92 Å². The number of carbonyl (C=O) groups excluding carboxylic acids is 1. The molecule has 35 heavy (non-hydrogen) atoms. The van der Waals surface area contributed by atoms with Gasteiger partial charge in [0, 0.05) is 24.4 Å². The first-order chi connectivity index (χ1) is 16.6. The zero-order valence-corrected chi connectivity index (χ0v) is 19.4. The Kier molecular flexibility index (Phi) is 6.75. The maximum absolute atomic E-state index is 14.5. The van der Waals surface area contributed by atoms with Gasteiger partial charge in [-0.3, -0.25) is 9.78 Å². The van der Waals surface area contributed by atoms with Crippen LogP contribution in [0.25, 0.3) is 11.3 Å². The van der Waals surface area contributed by atoms with E-state index in [1.807, 2.05) is 19.1 Å². The maximum atomic E-state index is 14.5. The summed E-state index contributed by atoms with van der Waals surface area (Å²) in [5.74, 6) is -2.22. The van der Waals surface area contributed by atoms with Crippen LogP contribution in [0.15, 0.2) is 48.8 Å². The summed E-state index contributed by atoms with van der Waals surface area (Å²) < 4.78 is 29.0. The lowest BCUT2D eigenvalue weighted by Crippen LogP contribution is -2.49. The maximum Gasteiger partial charge on any atom is 0.185 e. The lowest BCUT2D eigenvalue weighted by atomic mass is 9.68. The monoisotopic (exact) mass is 477 g/mol. The minimum atomic E-state index is -1.19. The number of carbonyl (C=O) groups is 1. The van der Waals surface area contributed by atoms with Gasteiger partial charge < -0.3 is 10.2 Å². The normalized spacial score (nSPS) is 24.1. The molecule has 2 heterocycles. The summed E-state index contributed by atoms with van der Waals surface area (Å²) in [5.41, 5.74) is -0.0667. The van der Waals surface area contributed by atoms with Crippen LogP contribution in [0.3, 0.4) is 0 Å². The first kappa shape index (κ1) is 24.6. The topological polar surface area (TPSA) is 107 Å². The van der Waals surface area contributed by atoms with Crippen LogP contribution < -0.4 is 0 Å². The molecule has 0 unspecified atom stereocenters. The van der Waals surface area contributed by atoms with Crippen molar-refractivity contribution in [2.24, 2.45) is 5.92 Å². The predicted octanol–water partition coefficient (Wildman–Crippen LogP) is 4.34. The lowest BCUT2D eigenvalue weighted by molar-refractivity contribution is -0.123. The summed E-state index contributed by atoms with van der Waals surface area (Å²) >= 11 is 0. The fourth-order valence-corrected chi connectivity index (χ4v) is 4.66. The number of nitriles is 1. The fourth-order valence-electron chi connectivity index (χ4n) is 4.66. The number of aliphatic hydroxyl groups is 2. The summed E-state index contributed by atoms with van der Waals surface area (Å²) in [6, 6.07) is 9.55. The Balaban J connectivity index is 1.62. The van der Waals surface area contributed by atoms with E-state index in [9.17, 15) is 23.8 Å². The third kappa shape index (κ3) is 4.83. The van der Waals surface area contributed by atoms with E-state index in [2.05, 4.69) is 9.97 Å². The summed E-state index contributed by atoms with van der Waals surface area (Å²) in [6.45, 7) is 3.51. The third-order valence-electron chi connectivity index (χ3n) is 7.04. The number of rotatable bonds is 5. The number of hydrogen-bond donors (Lipinski definition) is 2. The van der Waals surface area contributed by atoms with Crippen molar-refractivity contribution in [2.75, 3.05) is 0 Å². The van der Waals surface area contributed by atoms with E-state index in [1.165, 1.54) is 18.2 Å². The molecule has 4 atom stereocenters. The van der Waals surface area contributed by atoms with Crippen LogP contribution in [0.1, 0.15) is 59.8 Å². The van der Waals surface area contributed by atoms with Crippen LogP contribution in [-0.4, -0.2) is 37.7 Å². The second-order valence-electron chi connectivity index (χ2n) is 9.32. The van der Waals surface area contributed by atoms with E-state index >= 15 is 0 Å². The number of halogens is 2. The number of aromatic nitrogens is 2. The van der Waals surface area contributed by atoms with E-state index < -0.39 is 29.1 Å². The fraction of sp³-hybridized carbons (Fsp3) is 0.333. The minimum Gasteiger partial charge on any atom is -0.390 e. The summed E-state index contributed by atoms with van der Waals surface area (Å²) in [5, 5.41) is 29.9. The Labute approximate surface area is 201 Å². The second kappa shape index (κ2) is 9.61. The molecule has 1 fully saturated rings. The first-order valence-electron chi connectivity index (χ1n) is 11.3. The molecule has 180 valence electrons. The molecular formula is C27H25F2N3O3. The molecule has 0 amide bonds. The molecule has 8 heteroatoms. The Bertz CT molecular complexity index is 1310. The molecule has 0 aliphatic heterocycles. The highest BCUT2D eigenvalue weighted by Gasteiger charge is 2.43. The number of ketones is 1. The Morgan fingerprint density at radius 2 is 1.97 bits per heavy atom. The smallest absolute Gasteiger partial charge is 0.185 e. The van der Waals surface area contributed by atoms with E-state index in [-0.39, 0.29) is 40.8 Å². The van der Waals surface area contributed by atoms with Gasteiger partial charge in [-0.25, -0.2) is 13.8 Å². The zero-order chi connectivity index (χ0) is 25.3. The average molecular weight is 478 g/mol. The standard InChI is InChI=1S/C27H25F2N3O3/c1-15-9-17(12-25(34)27(15,2)35)19-7-8-31-14-18(19)11-24(33)23-6-5-21(28)26(32-23)20-4-3-16(13-30)10-22(20)29/h3-8,10,14-15,17,25,34-35H,9,11-12H2,1-2H3/t15-,17+,25+,27+/m0/s1. The molecule has 3 aromatic rings. The van der Waals surface area contributed by atoms with Crippen molar-refractivity contribution in [1.82, 2.24) is 9.97 Å². The lowest BCUT2D eigenvalue weighted by Gasteiger charge is -2.43. The molecule has 4 rings (SSSR count). The molecular weight excluding hydrogens is 452 g/mol. The number of nitrogens with zero attached hydrogens (tertiary/aromatic N) is 3. The molecule has 1 aliphatic rings. The third-order valence-corrected chi connectivity index (χ3v) is 7.04. The zero-order valence-electron chi connectivity index (χ0n) is 19.4. The Morgan fingerprint density at radius 1 is 1.20 bits per heavy atom. The highest BCUT2D eigenvalue weighted by atomic mass is 19.1. The van der Waals surface area contributed by atoms with Gasteiger partial charge >= 0.3 is 0 Å². The van der Waals surface area contributed by atoms with Crippen LogP contribution in [-0.2, 0) is 6.42 Å². The van der Waals surface area contributed by atoms with Crippen molar-refractivity contribution < 1.29 is 23.8 Å². The predicted molar refractivity (Wildman–Crippen MR) is 124 cm³/mol. The highest BCUT2D eigenvalue weighted by Crippen LogP contribution is 2.42. The van der Waals surface area contributed by atoms with Gasteiger partial charge in [0.25, 0.3) is 0 Å². The van der Waals surface area contributed by atoms with Gasteiger partial charge in [0.15, 0.2) is 5.78 Å². The second-order valence-corrected chi connectivity index (χ2v) is 9.32. The number of hydrogen-bond acceptors (Lipinski definition) is 6. The molecule has 2 aromatic heterocycles. The molecule has 1 aromatic carbocycles. The van der Waals surface area contributed by atoms with Crippen molar-refractivity contribution in [1.29, 1.82) is 5.26 Å². The molecule has 2 N–H and O–H groups in total. The largest absolute Gasteiger partial charge is 0.390 e. The van der Waals surface area contributed by atoms with Gasteiger partial charge in [-0.15, -0.1) is 0 Å². The molecule has 0 radical (unpaired) electrons. The summed E-state index contributed by atoms with van der Waals surface area (Å²) in [6.07, 6.45) is 3.22. The van der Waals surface area contributed by atoms with Crippen LogP contribution in [0, 0.1) is 28.9 Å². The molecule has 0 saturated heterocycles. The van der Waals surface area contributed by atoms with E-state index in [0.717, 1.165) is 17.7 Å². The number of pyridine rings is 2. The summed E-state index contributed by atoms with van der Waals surface area (Å²) in [7, 11) is 0. The minimum absolute atomic E-state index is 0.0278.